The van der Waals surface area contributed by atoms with Gasteiger partial charge in [-0.15, -0.1) is 0 Å². The summed E-state index contributed by atoms with van der Waals surface area (Å²) in [5, 5.41) is 20.6. The van der Waals surface area contributed by atoms with E-state index in [0.717, 1.165) is 22.1 Å². The van der Waals surface area contributed by atoms with Crippen LogP contribution in [-0.2, 0) is 19.9 Å². The van der Waals surface area contributed by atoms with Gasteiger partial charge in [-0.25, -0.2) is 23.1 Å². The number of hydrogen-bond donors (Lipinski definition) is 1. The Labute approximate surface area is 314 Å². The molecule has 0 bridgehead atoms. The van der Waals surface area contributed by atoms with E-state index in [1.165, 1.54) is 24.4 Å². The Morgan fingerprint density at radius 3 is 2.36 bits per heavy atom. The van der Waals surface area contributed by atoms with E-state index in [4.69, 9.17) is 16.3 Å². The van der Waals surface area contributed by atoms with Crippen molar-refractivity contribution >= 4 is 23.5 Å². The van der Waals surface area contributed by atoms with Gasteiger partial charge >= 0.3 is 18.7 Å². The minimum Gasteiger partial charge on any atom is -0.463 e. The first-order valence-corrected chi connectivity index (χ1v) is 17.0. The summed E-state index contributed by atoms with van der Waals surface area (Å²) < 4.78 is 102. The lowest BCUT2D eigenvalue weighted by molar-refractivity contribution is -0.195. The van der Waals surface area contributed by atoms with Crippen molar-refractivity contribution in [3.05, 3.63) is 95.6 Å². The van der Waals surface area contributed by atoms with Gasteiger partial charge in [0, 0.05) is 18.2 Å². The normalized spacial score (nSPS) is 18.8. The fraction of sp³-hybridized carbons (Fsp3) is 0.389. The predicted octanol–water partition coefficient (Wildman–Crippen LogP) is 8.17. The van der Waals surface area contributed by atoms with Gasteiger partial charge in [0.1, 0.15) is 24.3 Å². The fourth-order valence-corrected chi connectivity index (χ4v) is 6.89. The van der Waals surface area contributed by atoms with Crippen molar-refractivity contribution in [2.45, 2.75) is 70.3 Å². The van der Waals surface area contributed by atoms with Crippen molar-refractivity contribution in [2.75, 3.05) is 6.61 Å². The molecule has 1 saturated carbocycles. The molecule has 2 aromatic carbocycles. The van der Waals surface area contributed by atoms with Crippen molar-refractivity contribution in [1.82, 2.24) is 34.8 Å². The quantitative estimate of drug-likeness (QED) is 0.106. The van der Waals surface area contributed by atoms with Crippen LogP contribution >= 0.6 is 11.6 Å². The summed E-state index contributed by atoms with van der Waals surface area (Å²) in [6.07, 6.45) is -6.06. The Morgan fingerprint density at radius 1 is 1.09 bits per heavy atom. The van der Waals surface area contributed by atoms with Gasteiger partial charge in [0.2, 0.25) is 0 Å². The number of halogens is 8. The molecular formula is C36H32ClF7N8O3. The van der Waals surface area contributed by atoms with Crippen LogP contribution < -0.4 is 5.32 Å². The Balaban J connectivity index is 1.41. The highest BCUT2D eigenvalue weighted by Gasteiger charge is 2.64. The van der Waals surface area contributed by atoms with Gasteiger partial charge in [0.15, 0.2) is 5.82 Å². The number of amides is 1. The molecule has 290 valence electrons. The van der Waals surface area contributed by atoms with Crippen molar-refractivity contribution in [2.24, 2.45) is 10.8 Å². The average molecular weight is 793 g/mol. The summed E-state index contributed by atoms with van der Waals surface area (Å²) in [6.45, 7) is 3.66. The largest absolute Gasteiger partial charge is 0.463 e. The fourth-order valence-electron chi connectivity index (χ4n) is 6.69. The number of carbonyl (C=O) groups excluding carboxylic acids is 2. The molecule has 2 atom stereocenters. The third-order valence-corrected chi connectivity index (χ3v) is 10.1. The summed E-state index contributed by atoms with van der Waals surface area (Å²) in [4.78, 5) is 32.7. The number of hydrogen-bond acceptors (Lipinski definition) is 8. The SMILES string of the molecule is C=C1N[C@](CC(C)(C)C#N)(c2ccc(-c3cnn(C(F)F)c3)cc2)C(=O)N1[C@H](COC(=O)CC1(C(F)(F)F)CC1)c1ccc(Cl)c(-n2ncnc2C(F)F)c1. The number of carbonyl (C=O) groups is 2. The zero-order chi connectivity index (χ0) is 40.1. The maximum absolute atomic E-state index is 15.0. The first kappa shape index (κ1) is 39.3. The number of benzene rings is 2. The molecule has 0 unspecified atom stereocenters. The van der Waals surface area contributed by atoms with E-state index in [9.17, 15) is 45.6 Å². The topological polar surface area (TPSA) is 131 Å². The molecule has 2 aliphatic rings. The van der Waals surface area contributed by atoms with Crippen LogP contribution in [0.4, 0.5) is 30.7 Å². The number of alkyl halides is 7. The van der Waals surface area contributed by atoms with Crippen LogP contribution in [0.2, 0.25) is 5.02 Å². The van der Waals surface area contributed by atoms with Crippen LogP contribution in [0.5, 0.6) is 0 Å². The molecule has 3 heterocycles. The van der Waals surface area contributed by atoms with Gasteiger partial charge in [-0.2, -0.15) is 37.4 Å². The monoisotopic (exact) mass is 792 g/mol. The van der Waals surface area contributed by atoms with E-state index in [1.54, 1.807) is 38.1 Å². The number of esters is 1. The van der Waals surface area contributed by atoms with Crippen LogP contribution in [0.1, 0.15) is 75.5 Å². The van der Waals surface area contributed by atoms with Gasteiger partial charge in [-0.1, -0.05) is 48.5 Å². The number of rotatable bonds is 13. The van der Waals surface area contributed by atoms with E-state index in [-0.39, 0.29) is 41.4 Å². The van der Waals surface area contributed by atoms with Gasteiger partial charge in [-0.05, 0) is 55.5 Å². The predicted molar refractivity (Wildman–Crippen MR) is 181 cm³/mol. The summed E-state index contributed by atoms with van der Waals surface area (Å²) in [5.74, 6) is -2.70. The lowest BCUT2D eigenvalue weighted by Gasteiger charge is -2.34. The highest BCUT2D eigenvalue weighted by Crippen LogP contribution is 2.60. The zero-order valence-electron chi connectivity index (χ0n) is 29.1. The van der Waals surface area contributed by atoms with E-state index in [0.29, 0.717) is 21.4 Å². The molecule has 1 N–H and O–H groups in total. The second kappa shape index (κ2) is 14.3. The summed E-state index contributed by atoms with van der Waals surface area (Å²) in [5.41, 5.74) is -3.90. The second-order valence-electron chi connectivity index (χ2n) is 14.1. The van der Waals surface area contributed by atoms with Crippen LogP contribution in [0.15, 0.2) is 73.6 Å². The number of nitrogens with one attached hydrogen (secondary N) is 1. The molecule has 55 heavy (non-hydrogen) atoms. The van der Waals surface area contributed by atoms with Crippen LogP contribution in [-0.4, -0.2) is 54.1 Å². The molecule has 1 aliphatic carbocycles. The molecule has 11 nitrogen and oxygen atoms in total. The minimum absolute atomic E-state index is 0.0539. The van der Waals surface area contributed by atoms with Crippen LogP contribution in [0.25, 0.3) is 16.8 Å². The zero-order valence-corrected chi connectivity index (χ0v) is 29.9. The van der Waals surface area contributed by atoms with E-state index < -0.39 is 72.3 Å². The van der Waals surface area contributed by atoms with Gasteiger partial charge < -0.3 is 10.1 Å². The number of ether oxygens (including phenoxy) is 1. The van der Waals surface area contributed by atoms with Gasteiger partial charge in [0.25, 0.3) is 12.3 Å². The molecule has 0 spiro atoms. The Morgan fingerprint density at radius 2 is 1.78 bits per heavy atom. The number of nitriles is 1. The van der Waals surface area contributed by atoms with Crippen molar-refractivity contribution < 1.29 is 45.1 Å². The molecule has 6 rings (SSSR count). The molecule has 1 saturated heterocycles. The smallest absolute Gasteiger partial charge is 0.395 e. The summed E-state index contributed by atoms with van der Waals surface area (Å²) in [7, 11) is 0. The molecule has 1 aliphatic heterocycles. The third-order valence-electron chi connectivity index (χ3n) is 9.76. The first-order valence-electron chi connectivity index (χ1n) is 16.7. The standard InChI is InChI=1S/C36H32ClF7N8O3/c1-20-49-35(17-33(2,3)18-45,24-7-4-21(5-8-24)23-14-47-50(15-23)32(40)41)31(54)51(20)27(16-55-28(53)13-34(10-11-34)36(42,43)44)22-6-9-25(37)26(12-22)52-30(29(38)39)46-19-48-52/h4-9,12,14-15,19,27,29,32,49H,1,10-11,13,16-17H2,2-3H3/t27-,35-/m1/s1. The van der Waals surface area contributed by atoms with E-state index >= 15 is 0 Å². The van der Waals surface area contributed by atoms with Crippen molar-refractivity contribution in [3.8, 4) is 22.9 Å². The van der Waals surface area contributed by atoms with E-state index in [2.05, 4.69) is 33.1 Å². The highest BCUT2D eigenvalue weighted by atomic mass is 35.5. The third kappa shape index (κ3) is 7.49. The van der Waals surface area contributed by atoms with Crippen molar-refractivity contribution in [3.63, 3.8) is 0 Å². The maximum Gasteiger partial charge on any atom is 0.395 e. The molecule has 4 aromatic rings. The van der Waals surface area contributed by atoms with Crippen LogP contribution in [0, 0.1) is 22.2 Å². The number of aromatic nitrogens is 5. The van der Waals surface area contributed by atoms with E-state index in [1.807, 2.05) is 0 Å². The lowest BCUT2D eigenvalue weighted by atomic mass is 9.75. The summed E-state index contributed by atoms with van der Waals surface area (Å²) >= 11 is 6.41. The Kier molecular flexibility index (Phi) is 10.2. The average Bonchev–Trinajstić information content (AvgIpc) is 3.43. The molecule has 19 heteroatoms. The molecular weight excluding hydrogens is 761 g/mol. The Bertz CT molecular complexity index is 2160. The van der Waals surface area contributed by atoms with Crippen molar-refractivity contribution in [1.29, 1.82) is 5.26 Å². The lowest BCUT2D eigenvalue weighted by Crippen LogP contribution is -2.47. The molecule has 2 fully saturated rings. The highest BCUT2D eigenvalue weighted by molar-refractivity contribution is 6.32. The number of nitrogens with zero attached hydrogens (tertiary/aromatic N) is 7. The molecule has 2 aromatic heterocycles. The Hall–Kier alpha value is -5.44. The first-order chi connectivity index (χ1) is 25.8. The second-order valence-corrected chi connectivity index (χ2v) is 14.5. The van der Waals surface area contributed by atoms with Gasteiger partial charge in [-0.3, -0.25) is 14.5 Å². The maximum atomic E-state index is 15.0. The van der Waals surface area contributed by atoms with Crippen LogP contribution in [0.3, 0.4) is 0 Å². The minimum atomic E-state index is -4.65. The molecule has 0 radical (unpaired) electrons. The summed E-state index contributed by atoms with van der Waals surface area (Å²) in [6, 6.07) is 11.1. The van der Waals surface area contributed by atoms with Gasteiger partial charge in [0.05, 0.1) is 46.3 Å². The molecule has 1 amide bonds.